The summed E-state index contributed by atoms with van der Waals surface area (Å²) >= 11 is 14.1. The summed E-state index contributed by atoms with van der Waals surface area (Å²) in [5, 5.41) is 24.1. The molecule has 4 heterocycles. The second kappa shape index (κ2) is 14.2. The van der Waals surface area contributed by atoms with Crippen molar-refractivity contribution in [1.29, 1.82) is 0 Å². The van der Waals surface area contributed by atoms with Gasteiger partial charge in [-0.05, 0) is 18.6 Å². The van der Waals surface area contributed by atoms with Crippen LogP contribution < -0.4 is 26.2 Å². The Morgan fingerprint density at radius 3 is 2.43 bits per heavy atom. The Morgan fingerprint density at radius 1 is 1.00 bits per heavy atom. The van der Waals surface area contributed by atoms with Crippen molar-refractivity contribution in [1.82, 2.24) is 35.1 Å². The van der Waals surface area contributed by atoms with Gasteiger partial charge in [-0.3, -0.25) is 14.2 Å². The van der Waals surface area contributed by atoms with Crippen LogP contribution in [0.5, 0.6) is 5.88 Å². The van der Waals surface area contributed by atoms with Crippen molar-refractivity contribution >= 4 is 34.6 Å². The summed E-state index contributed by atoms with van der Waals surface area (Å²) in [6.45, 7) is 1.93. The Kier molecular flexibility index (Phi) is 9.90. The lowest BCUT2D eigenvalue weighted by Gasteiger charge is -2.15. The van der Waals surface area contributed by atoms with E-state index in [1.165, 1.54) is 4.57 Å². The molecule has 0 unspecified atom stereocenters. The van der Waals surface area contributed by atoms with Gasteiger partial charge in [0, 0.05) is 78.7 Å². The van der Waals surface area contributed by atoms with Gasteiger partial charge in [0.05, 0.1) is 36.0 Å². The highest BCUT2D eigenvalue weighted by Gasteiger charge is 2.21. The van der Waals surface area contributed by atoms with Crippen LogP contribution in [0.2, 0.25) is 10.0 Å². The van der Waals surface area contributed by atoms with E-state index < -0.39 is 0 Å². The Balaban J connectivity index is 1.28. The Bertz CT molecular complexity index is 2010. The maximum Gasteiger partial charge on any atom is 0.277 e. The summed E-state index contributed by atoms with van der Waals surface area (Å²) in [5.41, 5.74) is 5.41. The Hall–Kier alpha value is -4.26. The van der Waals surface area contributed by atoms with Gasteiger partial charge in [-0.15, -0.1) is 0 Å². The highest BCUT2D eigenvalue weighted by Crippen LogP contribution is 2.42. The zero-order valence-corrected chi connectivity index (χ0v) is 27.5. The molecule has 0 radical (unpaired) electrons. The monoisotopic (exact) mass is 675 g/mol. The lowest BCUT2D eigenvalue weighted by molar-refractivity contribution is -0.119. The molecule has 0 bridgehead atoms. The molecule has 0 spiro atoms. The summed E-state index contributed by atoms with van der Waals surface area (Å²) in [5.74, 6) is 1.11. The number of nitrogens with zero attached hydrogens (tertiary/aromatic N) is 4. The molecule has 47 heavy (non-hydrogen) atoms. The first-order valence-electron chi connectivity index (χ1n) is 15.3. The molecule has 1 saturated heterocycles. The Labute approximate surface area is 281 Å². The molecule has 0 saturated carbocycles. The zero-order chi connectivity index (χ0) is 33.1. The number of fused-ring (bicyclic) bond motifs is 1. The van der Waals surface area contributed by atoms with Crippen LogP contribution in [0.15, 0.2) is 65.6 Å². The fourth-order valence-electron chi connectivity index (χ4n) is 5.80. The molecule has 1 atom stereocenters. The number of pyridine rings is 1. The van der Waals surface area contributed by atoms with Crippen LogP contribution in [0.25, 0.3) is 39.0 Å². The smallest absolute Gasteiger partial charge is 0.277 e. The molecule has 1 amide bonds. The molecule has 0 aliphatic carbocycles. The minimum Gasteiger partial charge on any atom is -0.481 e. The average Bonchev–Trinajstić information content (AvgIpc) is 3.70. The number of nitrogens with one attached hydrogen (secondary N) is 3. The number of halogens is 2. The number of methoxy groups -OCH3 is 1. The minimum absolute atomic E-state index is 0.00951. The van der Waals surface area contributed by atoms with E-state index in [0.29, 0.717) is 65.6 Å². The number of ether oxygens (including phenoxy) is 1. The molecule has 4 N–H and O–H groups in total. The lowest BCUT2D eigenvalue weighted by atomic mass is 9.97. The van der Waals surface area contributed by atoms with E-state index >= 15 is 0 Å². The van der Waals surface area contributed by atoms with Crippen molar-refractivity contribution in [2.24, 2.45) is 7.05 Å². The SMILES string of the molecule is COc1nc(-c2cccc(-c3cccc(-c4cc5c(=O)n(C)c(CNCCO)nn5c4)c3Cl)c2Cl)ccc1CNC[C@H]1CCC(=O)N1. The molecule has 5 aromatic rings. The summed E-state index contributed by atoms with van der Waals surface area (Å²) in [6, 6.07) is 17.2. The summed E-state index contributed by atoms with van der Waals surface area (Å²) in [4.78, 5) is 29.4. The topological polar surface area (TPSA) is 135 Å². The van der Waals surface area contributed by atoms with Crippen LogP contribution >= 0.6 is 23.2 Å². The predicted octanol–water partition coefficient (Wildman–Crippen LogP) is 4.19. The van der Waals surface area contributed by atoms with Crippen LogP contribution in [0, 0.1) is 0 Å². The van der Waals surface area contributed by atoms with Gasteiger partial charge in [-0.25, -0.2) is 9.50 Å². The van der Waals surface area contributed by atoms with Crippen LogP contribution in [0.3, 0.4) is 0 Å². The van der Waals surface area contributed by atoms with E-state index in [-0.39, 0.29) is 24.1 Å². The van der Waals surface area contributed by atoms with Gasteiger partial charge in [0.15, 0.2) is 0 Å². The van der Waals surface area contributed by atoms with Crippen molar-refractivity contribution in [3.63, 3.8) is 0 Å². The average molecular weight is 677 g/mol. The first kappa shape index (κ1) is 32.7. The van der Waals surface area contributed by atoms with Gasteiger partial charge in [-0.1, -0.05) is 65.7 Å². The van der Waals surface area contributed by atoms with Crippen molar-refractivity contribution in [2.75, 3.05) is 26.8 Å². The first-order valence-corrected chi connectivity index (χ1v) is 16.1. The second-order valence-corrected chi connectivity index (χ2v) is 12.1. The van der Waals surface area contributed by atoms with Crippen molar-refractivity contribution in [3.05, 3.63) is 92.6 Å². The van der Waals surface area contributed by atoms with E-state index in [2.05, 4.69) is 21.0 Å². The molecule has 1 aliphatic rings. The van der Waals surface area contributed by atoms with E-state index in [1.807, 2.05) is 48.5 Å². The maximum atomic E-state index is 13.1. The summed E-state index contributed by atoms with van der Waals surface area (Å²) < 4.78 is 8.69. The molecule has 3 aromatic heterocycles. The number of carbonyl (C=O) groups is 1. The molecule has 244 valence electrons. The summed E-state index contributed by atoms with van der Waals surface area (Å²) in [6.07, 6.45) is 3.18. The second-order valence-electron chi connectivity index (χ2n) is 11.4. The van der Waals surface area contributed by atoms with Crippen LogP contribution in [-0.2, 0) is 24.9 Å². The largest absolute Gasteiger partial charge is 0.481 e. The van der Waals surface area contributed by atoms with Crippen LogP contribution in [0.4, 0.5) is 0 Å². The molecule has 6 rings (SSSR count). The van der Waals surface area contributed by atoms with Gasteiger partial charge >= 0.3 is 0 Å². The van der Waals surface area contributed by atoms with Gasteiger partial charge in [0.25, 0.3) is 5.56 Å². The number of aromatic nitrogens is 4. The van der Waals surface area contributed by atoms with Crippen molar-refractivity contribution in [3.8, 4) is 39.4 Å². The fourth-order valence-corrected chi connectivity index (χ4v) is 6.46. The molecule has 11 nitrogen and oxygen atoms in total. The summed E-state index contributed by atoms with van der Waals surface area (Å²) in [7, 11) is 3.26. The van der Waals surface area contributed by atoms with E-state index in [9.17, 15) is 9.59 Å². The van der Waals surface area contributed by atoms with E-state index in [4.69, 9.17) is 38.0 Å². The van der Waals surface area contributed by atoms with Crippen molar-refractivity contribution in [2.45, 2.75) is 32.0 Å². The van der Waals surface area contributed by atoms with E-state index in [0.717, 1.165) is 39.8 Å². The number of amides is 1. The Morgan fingerprint density at radius 2 is 1.72 bits per heavy atom. The third-order valence-corrected chi connectivity index (χ3v) is 9.12. The number of aliphatic hydroxyl groups is 1. The quantitative estimate of drug-likeness (QED) is 0.145. The lowest BCUT2D eigenvalue weighted by Crippen LogP contribution is -2.35. The number of aliphatic hydroxyl groups excluding tert-OH is 1. The number of rotatable bonds is 12. The first-order chi connectivity index (χ1) is 22.8. The minimum atomic E-state index is -0.192. The molecule has 1 fully saturated rings. The highest BCUT2D eigenvalue weighted by atomic mass is 35.5. The number of hydrogen-bond donors (Lipinski definition) is 4. The number of benzene rings is 2. The zero-order valence-electron chi connectivity index (χ0n) is 26.0. The molecule has 13 heteroatoms. The predicted molar refractivity (Wildman–Crippen MR) is 183 cm³/mol. The van der Waals surface area contributed by atoms with Crippen molar-refractivity contribution < 1.29 is 14.6 Å². The molecule has 1 aliphatic heterocycles. The molecular weight excluding hydrogens is 641 g/mol. The van der Waals surface area contributed by atoms with Gasteiger partial charge in [0.2, 0.25) is 11.8 Å². The number of hydrogen-bond acceptors (Lipinski definition) is 8. The highest BCUT2D eigenvalue weighted by molar-refractivity contribution is 6.39. The fraction of sp³-hybridized carbons (Fsp3) is 0.294. The van der Waals surface area contributed by atoms with Gasteiger partial charge < -0.3 is 25.8 Å². The maximum absolute atomic E-state index is 13.1. The van der Waals surface area contributed by atoms with Crippen LogP contribution in [0.1, 0.15) is 24.2 Å². The standard InChI is InChI=1S/C34H35Cl2N7O4/c1-42-29(18-37-13-14-44)41-43-19-21(15-28(43)34(42)46)23-5-3-6-24(31(23)35)25-7-4-8-26(32(25)36)27-11-9-20(33(40-27)47-2)16-38-17-22-10-12-30(45)39-22/h3-9,11,15,19,22,37-38,44H,10,12-14,16-18H2,1-2H3,(H,39,45)/t22-/m1/s1. The number of carbonyl (C=O) groups excluding carboxylic acids is 1. The van der Waals surface area contributed by atoms with Crippen LogP contribution in [-0.4, -0.2) is 63.0 Å². The normalized spacial score (nSPS) is 14.6. The third kappa shape index (κ3) is 6.76. The van der Waals surface area contributed by atoms with Gasteiger partial charge in [0.1, 0.15) is 11.3 Å². The molecule has 2 aromatic carbocycles. The van der Waals surface area contributed by atoms with E-state index in [1.54, 1.807) is 30.9 Å². The van der Waals surface area contributed by atoms with Gasteiger partial charge in [-0.2, -0.15) is 5.10 Å². The third-order valence-electron chi connectivity index (χ3n) is 8.30. The molecular formula is C34H35Cl2N7O4.